The van der Waals surface area contributed by atoms with Gasteiger partial charge in [0.05, 0.1) is 29.3 Å². The summed E-state index contributed by atoms with van der Waals surface area (Å²) in [6.07, 6.45) is 2.55. The molecule has 0 unspecified atom stereocenters. The van der Waals surface area contributed by atoms with Crippen LogP contribution in [0.5, 0.6) is 0 Å². The van der Waals surface area contributed by atoms with Crippen molar-refractivity contribution in [1.82, 2.24) is 30.4 Å². The molecule has 1 aliphatic rings. The molecule has 34 heavy (non-hydrogen) atoms. The molecule has 1 saturated heterocycles. The fraction of sp³-hybridized carbons (Fsp3) is 0.250. The zero-order valence-electron chi connectivity index (χ0n) is 18.6. The molecule has 0 radical (unpaired) electrons. The normalized spacial score (nSPS) is 14.3. The Morgan fingerprint density at radius 2 is 1.85 bits per heavy atom. The van der Waals surface area contributed by atoms with E-state index in [4.69, 9.17) is 0 Å². The fourth-order valence-electron chi connectivity index (χ4n) is 3.98. The maximum atomic E-state index is 14.5. The largest absolute Gasteiger partial charge is 0.336 e. The van der Waals surface area contributed by atoms with E-state index in [0.29, 0.717) is 11.2 Å². The highest BCUT2D eigenvalue weighted by Crippen LogP contribution is 2.27. The molecule has 2 aromatic carbocycles. The molecule has 0 amide bonds. The summed E-state index contributed by atoms with van der Waals surface area (Å²) in [6, 6.07) is 10.6. The van der Waals surface area contributed by atoms with Gasteiger partial charge in [-0.3, -0.25) is 4.90 Å². The number of nitrogens with zero attached hydrogens (tertiary/aromatic N) is 5. The lowest BCUT2D eigenvalue weighted by molar-refractivity contribution is 0.233. The predicted octanol–water partition coefficient (Wildman–Crippen LogP) is 3.90. The van der Waals surface area contributed by atoms with Crippen LogP contribution in [-0.4, -0.2) is 51.2 Å². The second kappa shape index (κ2) is 9.62. The third-order valence-electron chi connectivity index (χ3n) is 5.76. The van der Waals surface area contributed by atoms with Gasteiger partial charge >= 0.3 is 0 Å². The first-order chi connectivity index (χ1) is 16.6. The van der Waals surface area contributed by atoms with Crippen LogP contribution in [0.2, 0.25) is 0 Å². The van der Waals surface area contributed by atoms with Crippen molar-refractivity contribution in [2.45, 2.75) is 13.5 Å². The number of aromatic nitrogens is 4. The molecule has 1 aliphatic heterocycles. The van der Waals surface area contributed by atoms with E-state index in [2.05, 4.69) is 41.0 Å². The Kier molecular flexibility index (Phi) is 6.24. The number of halogens is 2. The fourth-order valence-corrected chi connectivity index (χ4v) is 3.98. The van der Waals surface area contributed by atoms with Gasteiger partial charge in [-0.25, -0.2) is 13.8 Å². The molecule has 0 aliphatic carbocycles. The first-order valence-electron chi connectivity index (χ1n) is 11.1. The first-order valence-corrected chi connectivity index (χ1v) is 11.1. The number of nitrogens with one attached hydrogen (secondary N) is 3. The topological polar surface area (TPSA) is 90.9 Å². The highest BCUT2D eigenvalue weighted by atomic mass is 19.1. The summed E-state index contributed by atoms with van der Waals surface area (Å²) in [4.78, 5) is 10.5. The van der Waals surface area contributed by atoms with Gasteiger partial charge in [0, 0.05) is 38.1 Å². The first kappa shape index (κ1) is 22.1. The molecule has 3 heterocycles. The molecule has 10 heteroatoms. The number of fused-ring (bicyclic) bond motifs is 1. The Hall–Kier alpha value is -3.76. The number of benzene rings is 2. The minimum Gasteiger partial charge on any atom is -0.336 e. The Labute approximate surface area is 195 Å². The lowest BCUT2D eigenvalue weighted by Crippen LogP contribution is -2.42. The number of hydrogen-bond acceptors (Lipinski definition) is 8. The molecular weight excluding hydrogens is 438 g/mol. The molecule has 0 saturated carbocycles. The standard InChI is InChI=1S/C24H24F2N8/c1-15-3-2-4-17-21(13-29-33-22(15)17)30-23-19(26)12-28-24(32-23)31-20-11-16(5-6-18(20)25)14-34-9-7-27-8-10-34/h2-6,11-13,27H,7-10,14H2,1H3,(H2,28,30,31,32,33). The van der Waals surface area contributed by atoms with Gasteiger partial charge in [0.2, 0.25) is 5.95 Å². The van der Waals surface area contributed by atoms with Crippen molar-refractivity contribution in [3.05, 3.63) is 71.6 Å². The Bertz CT molecular complexity index is 1320. The van der Waals surface area contributed by atoms with E-state index in [1.807, 2.05) is 25.1 Å². The Morgan fingerprint density at radius 3 is 2.71 bits per heavy atom. The molecule has 0 atom stereocenters. The van der Waals surface area contributed by atoms with E-state index in [-0.39, 0.29) is 17.5 Å². The van der Waals surface area contributed by atoms with Crippen LogP contribution < -0.4 is 16.0 Å². The van der Waals surface area contributed by atoms with Crippen LogP contribution in [0.1, 0.15) is 11.1 Å². The molecule has 3 N–H and O–H groups in total. The number of hydrogen-bond donors (Lipinski definition) is 3. The van der Waals surface area contributed by atoms with Crippen molar-refractivity contribution in [2.75, 3.05) is 36.8 Å². The molecule has 5 rings (SSSR count). The molecule has 1 fully saturated rings. The van der Waals surface area contributed by atoms with E-state index in [9.17, 15) is 8.78 Å². The number of rotatable bonds is 6. The molecule has 8 nitrogen and oxygen atoms in total. The van der Waals surface area contributed by atoms with Gasteiger partial charge in [0.1, 0.15) is 5.82 Å². The van der Waals surface area contributed by atoms with E-state index in [1.54, 1.807) is 12.1 Å². The van der Waals surface area contributed by atoms with Crippen LogP contribution in [0.4, 0.5) is 31.9 Å². The SMILES string of the molecule is Cc1cccc2c(Nc3nc(Nc4cc(CN5CCNCC5)ccc4F)ncc3F)cnnc12. The van der Waals surface area contributed by atoms with Gasteiger partial charge in [-0.15, -0.1) is 0 Å². The minimum atomic E-state index is -0.643. The van der Waals surface area contributed by atoms with Crippen molar-refractivity contribution >= 4 is 34.0 Å². The predicted molar refractivity (Wildman–Crippen MR) is 127 cm³/mol. The summed E-state index contributed by atoms with van der Waals surface area (Å²) < 4.78 is 29.1. The average molecular weight is 463 g/mol. The number of piperazine rings is 1. The zero-order valence-corrected chi connectivity index (χ0v) is 18.6. The third-order valence-corrected chi connectivity index (χ3v) is 5.76. The number of anilines is 4. The van der Waals surface area contributed by atoms with Crippen LogP contribution >= 0.6 is 0 Å². The highest BCUT2D eigenvalue weighted by Gasteiger charge is 2.14. The summed E-state index contributed by atoms with van der Waals surface area (Å²) in [6.45, 7) is 6.40. The summed E-state index contributed by atoms with van der Waals surface area (Å²) >= 11 is 0. The lowest BCUT2D eigenvalue weighted by atomic mass is 10.1. The van der Waals surface area contributed by atoms with Crippen molar-refractivity contribution in [3.8, 4) is 0 Å². The summed E-state index contributed by atoms with van der Waals surface area (Å²) in [5, 5.41) is 18.1. The van der Waals surface area contributed by atoms with Gasteiger partial charge in [-0.05, 0) is 30.2 Å². The van der Waals surface area contributed by atoms with Gasteiger partial charge in [-0.1, -0.05) is 24.3 Å². The monoisotopic (exact) mass is 462 g/mol. The second-order valence-corrected chi connectivity index (χ2v) is 8.21. The molecule has 2 aromatic heterocycles. The maximum absolute atomic E-state index is 14.5. The van der Waals surface area contributed by atoms with E-state index < -0.39 is 11.6 Å². The van der Waals surface area contributed by atoms with Crippen molar-refractivity contribution in [3.63, 3.8) is 0 Å². The van der Waals surface area contributed by atoms with E-state index >= 15 is 0 Å². The quantitative estimate of drug-likeness (QED) is 0.398. The highest BCUT2D eigenvalue weighted by molar-refractivity contribution is 5.93. The smallest absolute Gasteiger partial charge is 0.229 e. The molecule has 0 spiro atoms. The molecule has 0 bridgehead atoms. The Morgan fingerprint density at radius 1 is 1.00 bits per heavy atom. The minimum absolute atomic E-state index is 0.0503. The van der Waals surface area contributed by atoms with Crippen LogP contribution in [0.15, 0.2) is 48.8 Å². The maximum Gasteiger partial charge on any atom is 0.229 e. The van der Waals surface area contributed by atoms with Crippen LogP contribution in [0, 0.1) is 18.6 Å². The lowest BCUT2D eigenvalue weighted by Gasteiger charge is -2.27. The van der Waals surface area contributed by atoms with Crippen molar-refractivity contribution in [1.29, 1.82) is 0 Å². The van der Waals surface area contributed by atoms with Crippen molar-refractivity contribution in [2.24, 2.45) is 0 Å². The summed E-state index contributed by atoms with van der Waals surface area (Å²) in [5.41, 5.74) is 3.42. The number of aryl methyl sites for hydroxylation is 1. The van der Waals surface area contributed by atoms with Crippen molar-refractivity contribution < 1.29 is 8.78 Å². The van der Waals surface area contributed by atoms with E-state index in [0.717, 1.165) is 55.4 Å². The third kappa shape index (κ3) is 4.78. The van der Waals surface area contributed by atoms with E-state index in [1.165, 1.54) is 12.3 Å². The van der Waals surface area contributed by atoms with Crippen LogP contribution in [0.25, 0.3) is 10.9 Å². The van der Waals surface area contributed by atoms with Crippen LogP contribution in [0.3, 0.4) is 0 Å². The van der Waals surface area contributed by atoms with Gasteiger partial charge < -0.3 is 16.0 Å². The average Bonchev–Trinajstić information content (AvgIpc) is 2.85. The van der Waals surface area contributed by atoms with Gasteiger partial charge in [0.15, 0.2) is 11.6 Å². The summed E-state index contributed by atoms with van der Waals surface area (Å²) in [5.74, 6) is -1.06. The van der Waals surface area contributed by atoms with Gasteiger partial charge in [0.25, 0.3) is 0 Å². The molecule has 4 aromatic rings. The van der Waals surface area contributed by atoms with Gasteiger partial charge in [-0.2, -0.15) is 15.2 Å². The zero-order chi connectivity index (χ0) is 23.5. The molecule has 174 valence electrons. The summed E-state index contributed by atoms with van der Waals surface area (Å²) in [7, 11) is 0. The van der Waals surface area contributed by atoms with Crippen LogP contribution in [-0.2, 0) is 6.54 Å². The molecular formula is C24H24F2N8. The Balaban J connectivity index is 1.38. The second-order valence-electron chi connectivity index (χ2n) is 8.21.